The standard InChI is InChI=1S/C20H19NO4S2.Na/c22-20(21-17-8-10-18(11-9-17)27(23,24)25)16(13-26)12-15-6-3-5-14-4-1-2-7-19(14)15;/h1-11,16,26H,12-13H2,(H,21,22)(H,23,24,25);/q;+1/p-1. The van der Waals surface area contributed by atoms with Crippen LogP contribution in [0.5, 0.6) is 0 Å². The Hall–Kier alpha value is -1.35. The van der Waals surface area contributed by atoms with E-state index >= 15 is 0 Å². The molecule has 1 amide bonds. The molecule has 0 aromatic heterocycles. The van der Waals surface area contributed by atoms with Gasteiger partial charge in [0.1, 0.15) is 10.1 Å². The maximum atomic E-state index is 12.6. The van der Waals surface area contributed by atoms with Crippen molar-refractivity contribution in [3.8, 4) is 0 Å². The molecule has 1 unspecified atom stereocenters. The number of carbonyl (C=O) groups is 1. The average Bonchev–Trinajstić information content (AvgIpc) is 2.65. The number of hydrogen-bond donors (Lipinski definition) is 2. The van der Waals surface area contributed by atoms with Crippen molar-refractivity contribution in [1.29, 1.82) is 0 Å². The predicted octanol–water partition coefficient (Wildman–Crippen LogP) is 0.475. The van der Waals surface area contributed by atoms with Crippen LogP contribution in [0.4, 0.5) is 5.69 Å². The number of anilines is 1. The summed E-state index contributed by atoms with van der Waals surface area (Å²) >= 11 is 4.32. The molecule has 0 saturated carbocycles. The molecule has 0 radical (unpaired) electrons. The maximum Gasteiger partial charge on any atom is 1.00 e. The van der Waals surface area contributed by atoms with Gasteiger partial charge in [-0.3, -0.25) is 4.79 Å². The minimum absolute atomic E-state index is 0. The molecule has 1 atom stereocenters. The monoisotopic (exact) mass is 423 g/mol. The second kappa shape index (κ2) is 9.91. The third-order valence-corrected chi connectivity index (χ3v) is 5.64. The SMILES string of the molecule is O=C(Nc1ccc(S(=O)(=O)[O-])cc1)C(CS)Cc1cccc2ccccc12.[Na+]. The Morgan fingerprint density at radius 2 is 1.64 bits per heavy atom. The number of benzene rings is 3. The van der Waals surface area contributed by atoms with E-state index in [1.807, 2.05) is 42.5 Å². The van der Waals surface area contributed by atoms with Gasteiger partial charge in [-0.25, -0.2) is 8.42 Å². The third kappa shape index (κ3) is 5.59. The number of nitrogens with one attached hydrogen (secondary N) is 1. The van der Waals surface area contributed by atoms with Crippen LogP contribution in [0.1, 0.15) is 5.56 Å². The summed E-state index contributed by atoms with van der Waals surface area (Å²) < 4.78 is 32.9. The van der Waals surface area contributed by atoms with E-state index in [0.717, 1.165) is 16.3 Å². The van der Waals surface area contributed by atoms with E-state index in [-0.39, 0.29) is 46.3 Å². The van der Waals surface area contributed by atoms with E-state index in [0.29, 0.717) is 17.9 Å². The molecule has 3 aromatic carbocycles. The Balaban J connectivity index is 0.00000280. The largest absolute Gasteiger partial charge is 1.00 e. The molecular weight excluding hydrogens is 405 g/mol. The number of carbonyl (C=O) groups excluding carboxylic acids is 1. The molecule has 140 valence electrons. The summed E-state index contributed by atoms with van der Waals surface area (Å²) in [4.78, 5) is 12.3. The molecule has 0 spiro atoms. The first-order chi connectivity index (χ1) is 12.9. The first-order valence-corrected chi connectivity index (χ1v) is 10.4. The topological polar surface area (TPSA) is 86.3 Å². The fourth-order valence-corrected chi connectivity index (χ4v) is 3.69. The fourth-order valence-electron chi connectivity index (χ4n) is 2.93. The second-order valence-corrected chi connectivity index (χ2v) is 7.93. The number of fused-ring (bicyclic) bond motifs is 1. The van der Waals surface area contributed by atoms with Crippen molar-refractivity contribution in [1.82, 2.24) is 0 Å². The molecule has 5 nitrogen and oxygen atoms in total. The molecule has 0 heterocycles. The molecule has 1 N–H and O–H groups in total. The summed E-state index contributed by atoms with van der Waals surface area (Å²) in [6.45, 7) is 0. The van der Waals surface area contributed by atoms with Gasteiger partial charge in [0.25, 0.3) is 0 Å². The molecule has 3 aromatic rings. The van der Waals surface area contributed by atoms with Crippen LogP contribution in [0, 0.1) is 5.92 Å². The zero-order chi connectivity index (χ0) is 19.4. The van der Waals surface area contributed by atoms with Gasteiger partial charge in [-0.15, -0.1) is 0 Å². The van der Waals surface area contributed by atoms with Crippen molar-refractivity contribution in [3.05, 3.63) is 72.3 Å². The van der Waals surface area contributed by atoms with Crippen LogP contribution < -0.4 is 34.9 Å². The number of rotatable bonds is 6. The van der Waals surface area contributed by atoms with Crippen LogP contribution in [0.25, 0.3) is 10.8 Å². The van der Waals surface area contributed by atoms with Crippen LogP contribution in [0.3, 0.4) is 0 Å². The van der Waals surface area contributed by atoms with Gasteiger partial charge in [0.2, 0.25) is 5.91 Å². The zero-order valence-corrected chi connectivity index (χ0v) is 19.0. The number of hydrogen-bond acceptors (Lipinski definition) is 5. The Labute approximate surface area is 192 Å². The van der Waals surface area contributed by atoms with E-state index in [9.17, 15) is 17.8 Å². The molecule has 0 aliphatic carbocycles. The Bertz CT molecular complexity index is 1060. The van der Waals surface area contributed by atoms with Gasteiger partial charge in [-0.1, -0.05) is 42.5 Å². The number of thiol groups is 1. The van der Waals surface area contributed by atoms with Crippen molar-refractivity contribution in [3.63, 3.8) is 0 Å². The van der Waals surface area contributed by atoms with E-state index < -0.39 is 10.1 Å². The minimum Gasteiger partial charge on any atom is -0.744 e. The molecule has 8 heteroatoms. The summed E-state index contributed by atoms with van der Waals surface area (Å²) in [5.41, 5.74) is 1.49. The average molecular weight is 423 g/mol. The third-order valence-electron chi connectivity index (χ3n) is 4.35. The zero-order valence-electron chi connectivity index (χ0n) is 15.3. The van der Waals surface area contributed by atoms with Crippen molar-refractivity contribution in [2.45, 2.75) is 11.3 Å². The van der Waals surface area contributed by atoms with Gasteiger partial charge in [0.05, 0.1) is 10.8 Å². The minimum atomic E-state index is -4.51. The molecule has 0 aliphatic rings. The van der Waals surface area contributed by atoms with Crippen molar-refractivity contribution < 1.29 is 47.3 Å². The van der Waals surface area contributed by atoms with E-state index in [4.69, 9.17) is 0 Å². The number of amides is 1. The fraction of sp³-hybridized carbons (Fsp3) is 0.150. The first-order valence-electron chi connectivity index (χ1n) is 8.33. The van der Waals surface area contributed by atoms with Crippen LogP contribution in [-0.4, -0.2) is 24.6 Å². The van der Waals surface area contributed by atoms with Gasteiger partial charge in [0, 0.05) is 11.4 Å². The van der Waals surface area contributed by atoms with Gasteiger partial charge in [-0.2, -0.15) is 12.6 Å². The van der Waals surface area contributed by atoms with E-state index in [1.54, 1.807) is 0 Å². The van der Waals surface area contributed by atoms with Gasteiger partial charge in [-0.05, 0) is 47.0 Å². The second-order valence-electron chi connectivity index (χ2n) is 6.19. The Kier molecular flexibility index (Phi) is 8.12. The summed E-state index contributed by atoms with van der Waals surface area (Å²) in [6.07, 6.45) is 0.531. The Morgan fingerprint density at radius 1 is 1.00 bits per heavy atom. The van der Waals surface area contributed by atoms with Crippen molar-refractivity contribution >= 4 is 45.1 Å². The summed E-state index contributed by atoms with van der Waals surface area (Å²) in [5, 5.41) is 4.97. The molecule has 3 rings (SSSR count). The Morgan fingerprint density at radius 3 is 2.29 bits per heavy atom. The molecule has 0 saturated heterocycles. The quantitative estimate of drug-likeness (QED) is 0.343. The summed E-state index contributed by atoms with van der Waals surface area (Å²) in [6, 6.07) is 19.1. The molecule has 0 bridgehead atoms. The molecule has 28 heavy (non-hydrogen) atoms. The first kappa shape index (κ1) is 22.9. The van der Waals surface area contributed by atoms with Crippen LogP contribution >= 0.6 is 12.6 Å². The van der Waals surface area contributed by atoms with Gasteiger partial charge in [0.15, 0.2) is 0 Å². The van der Waals surface area contributed by atoms with Crippen LogP contribution in [-0.2, 0) is 21.3 Å². The van der Waals surface area contributed by atoms with Crippen molar-refractivity contribution in [2.24, 2.45) is 5.92 Å². The van der Waals surface area contributed by atoms with E-state index in [2.05, 4.69) is 17.9 Å². The van der Waals surface area contributed by atoms with Crippen LogP contribution in [0.2, 0.25) is 0 Å². The summed E-state index contributed by atoms with van der Waals surface area (Å²) in [7, 11) is -4.51. The maximum absolute atomic E-state index is 12.6. The normalized spacial score (nSPS) is 12.2. The van der Waals surface area contributed by atoms with Crippen LogP contribution in [0.15, 0.2) is 71.6 Å². The van der Waals surface area contributed by atoms with E-state index in [1.165, 1.54) is 24.3 Å². The summed E-state index contributed by atoms with van der Waals surface area (Å²) in [5.74, 6) is -0.208. The smallest absolute Gasteiger partial charge is 0.744 e. The molecular formula is C20H18NNaO4S2. The van der Waals surface area contributed by atoms with Gasteiger partial charge >= 0.3 is 29.6 Å². The van der Waals surface area contributed by atoms with Gasteiger partial charge < -0.3 is 9.87 Å². The van der Waals surface area contributed by atoms with Crippen molar-refractivity contribution in [2.75, 3.05) is 11.1 Å². The molecule has 0 fully saturated rings. The predicted molar refractivity (Wildman–Crippen MR) is 108 cm³/mol. The molecule has 0 aliphatic heterocycles.